The standard InChI is InChI=1S/C30H30N4O5S/c1-18-5-7-19(8-6-18)23-16-24(20-9-12-22(37-2)13-10-20)34(33-23)30-32-29(36)27(40-30)17-28(35)31-21-11-14-25(38-3)26(15-21)39-4/h5-15,24,27H,16-17H2,1-4H3,(H,31,35)/t24-,27+/m1/s1. The number of hydrazone groups is 1. The number of amides is 2. The Balaban J connectivity index is 1.33. The van der Waals surface area contributed by atoms with Crippen molar-refractivity contribution in [2.75, 3.05) is 26.6 Å². The summed E-state index contributed by atoms with van der Waals surface area (Å²) in [4.78, 5) is 30.1. The first kappa shape index (κ1) is 27.3. The molecule has 2 amide bonds. The van der Waals surface area contributed by atoms with E-state index < -0.39 is 5.25 Å². The molecule has 0 saturated carbocycles. The summed E-state index contributed by atoms with van der Waals surface area (Å²) in [5, 5.41) is 9.39. The largest absolute Gasteiger partial charge is 0.497 e. The highest BCUT2D eigenvalue weighted by molar-refractivity contribution is 8.15. The van der Waals surface area contributed by atoms with Gasteiger partial charge in [0.25, 0.3) is 5.91 Å². The van der Waals surface area contributed by atoms with Crippen molar-refractivity contribution in [1.29, 1.82) is 0 Å². The molecule has 2 aliphatic rings. The van der Waals surface area contributed by atoms with Crippen LogP contribution in [0.2, 0.25) is 0 Å². The van der Waals surface area contributed by atoms with Gasteiger partial charge < -0.3 is 19.5 Å². The van der Waals surface area contributed by atoms with Crippen LogP contribution in [0.5, 0.6) is 17.2 Å². The molecule has 5 rings (SSSR count). The van der Waals surface area contributed by atoms with Crippen LogP contribution < -0.4 is 19.5 Å². The zero-order chi connectivity index (χ0) is 28.2. The number of carbonyl (C=O) groups is 2. The Morgan fingerprint density at radius 1 is 0.975 bits per heavy atom. The molecule has 0 aliphatic carbocycles. The van der Waals surface area contributed by atoms with E-state index in [0.29, 0.717) is 28.8 Å². The molecule has 0 aromatic heterocycles. The van der Waals surface area contributed by atoms with E-state index in [0.717, 1.165) is 22.6 Å². The third-order valence-corrected chi connectivity index (χ3v) is 7.90. The summed E-state index contributed by atoms with van der Waals surface area (Å²) in [6.45, 7) is 2.05. The number of hydrogen-bond donors (Lipinski definition) is 1. The number of methoxy groups -OCH3 is 3. The van der Waals surface area contributed by atoms with Crippen molar-refractivity contribution in [2.24, 2.45) is 10.1 Å². The van der Waals surface area contributed by atoms with Crippen LogP contribution in [0, 0.1) is 6.92 Å². The zero-order valence-corrected chi connectivity index (χ0v) is 23.5. The van der Waals surface area contributed by atoms with Gasteiger partial charge in [-0.15, -0.1) is 0 Å². The molecule has 206 valence electrons. The van der Waals surface area contributed by atoms with E-state index in [1.54, 1.807) is 32.4 Å². The summed E-state index contributed by atoms with van der Waals surface area (Å²) in [5.74, 6) is 1.17. The normalized spacial score (nSPS) is 18.3. The average Bonchev–Trinajstić information content (AvgIpc) is 3.57. The summed E-state index contributed by atoms with van der Waals surface area (Å²) in [7, 11) is 4.71. The molecule has 2 aliphatic heterocycles. The van der Waals surface area contributed by atoms with Crippen LogP contribution >= 0.6 is 11.8 Å². The maximum absolute atomic E-state index is 12.9. The van der Waals surface area contributed by atoms with Crippen molar-refractivity contribution >= 4 is 40.1 Å². The second kappa shape index (κ2) is 11.8. The first-order chi connectivity index (χ1) is 19.4. The first-order valence-electron chi connectivity index (χ1n) is 12.8. The van der Waals surface area contributed by atoms with E-state index >= 15 is 0 Å². The first-order valence-corrected chi connectivity index (χ1v) is 13.6. The van der Waals surface area contributed by atoms with Gasteiger partial charge in [-0.25, -0.2) is 5.01 Å². The maximum atomic E-state index is 12.9. The number of nitrogens with zero attached hydrogens (tertiary/aromatic N) is 3. The van der Waals surface area contributed by atoms with Gasteiger partial charge in [-0.3, -0.25) is 9.59 Å². The number of anilines is 1. The van der Waals surface area contributed by atoms with Gasteiger partial charge >= 0.3 is 0 Å². The highest BCUT2D eigenvalue weighted by Gasteiger charge is 2.39. The monoisotopic (exact) mass is 558 g/mol. The van der Waals surface area contributed by atoms with Crippen LogP contribution in [-0.4, -0.2) is 54.3 Å². The molecule has 0 bridgehead atoms. The van der Waals surface area contributed by atoms with Crippen LogP contribution in [0.25, 0.3) is 0 Å². The van der Waals surface area contributed by atoms with Crippen molar-refractivity contribution in [3.8, 4) is 17.2 Å². The Hall–Kier alpha value is -4.31. The topological polar surface area (TPSA) is 102 Å². The summed E-state index contributed by atoms with van der Waals surface area (Å²) in [5.41, 5.74) is 4.67. The number of hydrogen-bond acceptors (Lipinski definition) is 8. The molecule has 0 radical (unpaired) electrons. The lowest BCUT2D eigenvalue weighted by Gasteiger charge is -2.23. The minimum Gasteiger partial charge on any atom is -0.497 e. The van der Waals surface area contributed by atoms with Gasteiger partial charge in [0.2, 0.25) is 5.91 Å². The van der Waals surface area contributed by atoms with E-state index in [-0.39, 0.29) is 24.3 Å². The summed E-state index contributed by atoms with van der Waals surface area (Å²) >= 11 is 1.26. The summed E-state index contributed by atoms with van der Waals surface area (Å²) in [6, 6.07) is 21.0. The van der Waals surface area contributed by atoms with Gasteiger partial charge in [-0.1, -0.05) is 53.7 Å². The Labute approximate surface area is 237 Å². The highest BCUT2D eigenvalue weighted by atomic mass is 32.2. The fourth-order valence-corrected chi connectivity index (χ4v) is 5.65. The number of benzene rings is 3. The Bertz CT molecular complexity index is 1470. The van der Waals surface area contributed by atoms with Crippen LogP contribution in [0.3, 0.4) is 0 Å². The van der Waals surface area contributed by atoms with E-state index in [2.05, 4.69) is 34.6 Å². The van der Waals surface area contributed by atoms with E-state index in [1.807, 2.05) is 36.2 Å². The third-order valence-electron chi connectivity index (χ3n) is 6.76. The minimum absolute atomic E-state index is 0.0274. The van der Waals surface area contributed by atoms with Gasteiger partial charge in [0.15, 0.2) is 16.7 Å². The molecule has 3 aromatic rings. The number of ether oxygens (including phenoxy) is 3. The van der Waals surface area contributed by atoms with Gasteiger partial charge in [0, 0.05) is 24.6 Å². The molecule has 2 heterocycles. The third kappa shape index (κ3) is 5.81. The second-order valence-corrected chi connectivity index (χ2v) is 10.6. The van der Waals surface area contributed by atoms with E-state index in [9.17, 15) is 9.59 Å². The Kier molecular flexibility index (Phi) is 8.06. The molecular formula is C30H30N4O5S. The number of aryl methyl sites for hydroxylation is 1. The number of carbonyl (C=O) groups excluding carboxylic acids is 2. The number of thioether (sulfide) groups is 1. The quantitative estimate of drug-likeness (QED) is 0.406. The molecular weight excluding hydrogens is 528 g/mol. The lowest BCUT2D eigenvalue weighted by atomic mass is 9.98. The van der Waals surface area contributed by atoms with Gasteiger partial charge in [0.1, 0.15) is 11.0 Å². The number of nitrogens with one attached hydrogen (secondary N) is 1. The van der Waals surface area contributed by atoms with Crippen LogP contribution in [-0.2, 0) is 9.59 Å². The van der Waals surface area contributed by atoms with Gasteiger partial charge in [0.05, 0.1) is 33.1 Å². The van der Waals surface area contributed by atoms with Crippen molar-refractivity contribution in [2.45, 2.75) is 31.1 Å². The zero-order valence-electron chi connectivity index (χ0n) is 22.7. The number of amidine groups is 1. The minimum atomic E-state index is -0.648. The molecule has 1 N–H and O–H groups in total. The highest BCUT2D eigenvalue weighted by Crippen LogP contribution is 2.39. The number of rotatable bonds is 8. The molecule has 40 heavy (non-hydrogen) atoms. The summed E-state index contributed by atoms with van der Waals surface area (Å²) in [6.07, 6.45) is 0.619. The molecule has 2 atom stereocenters. The second-order valence-electron chi connectivity index (χ2n) is 9.41. The fourth-order valence-electron chi connectivity index (χ4n) is 4.59. The molecule has 0 saturated heterocycles. The van der Waals surface area contributed by atoms with Crippen molar-refractivity contribution in [3.63, 3.8) is 0 Å². The molecule has 3 aromatic carbocycles. The average molecular weight is 559 g/mol. The molecule has 0 unspecified atom stereocenters. The predicted molar refractivity (Wildman–Crippen MR) is 157 cm³/mol. The predicted octanol–water partition coefficient (Wildman–Crippen LogP) is 5.20. The van der Waals surface area contributed by atoms with Crippen LogP contribution in [0.15, 0.2) is 76.8 Å². The van der Waals surface area contributed by atoms with E-state index in [4.69, 9.17) is 19.3 Å². The molecule has 0 spiro atoms. The number of aliphatic imine (C=N–C) groups is 1. The Morgan fingerprint density at radius 3 is 2.38 bits per heavy atom. The maximum Gasteiger partial charge on any atom is 0.262 e. The fraction of sp³-hybridized carbons (Fsp3) is 0.267. The smallest absolute Gasteiger partial charge is 0.262 e. The van der Waals surface area contributed by atoms with Gasteiger partial charge in [-0.05, 0) is 42.3 Å². The molecule has 10 heteroatoms. The van der Waals surface area contributed by atoms with Gasteiger partial charge in [-0.2, -0.15) is 10.1 Å². The van der Waals surface area contributed by atoms with Crippen LogP contribution in [0.1, 0.15) is 35.6 Å². The lowest BCUT2D eigenvalue weighted by molar-refractivity contribution is -0.121. The van der Waals surface area contributed by atoms with Crippen molar-refractivity contribution in [1.82, 2.24) is 5.01 Å². The lowest BCUT2D eigenvalue weighted by Crippen LogP contribution is -2.25. The van der Waals surface area contributed by atoms with Crippen molar-refractivity contribution < 1.29 is 23.8 Å². The van der Waals surface area contributed by atoms with E-state index in [1.165, 1.54) is 24.4 Å². The van der Waals surface area contributed by atoms with Crippen molar-refractivity contribution in [3.05, 3.63) is 83.4 Å². The molecule has 9 nitrogen and oxygen atoms in total. The Morgan fingerprint density at radius 2 is 1.70 bits per heavy atom. The van der Waals surface area contributed by atoms with Crippen LogP contribution in [0.4, 0.5) is 5.69 Å². The SMILES string of the molecule is COc1ccc([C@H]2CC(c3ccc(C)cc3)=NN2C2=NC(=O)[C@H](CC(=O)Nc3ccc(OC)c(OC)c3)S2)cc1. The molecule has 0 fully saturated rings. The summed E-state index contributed by atoms with van der Waals surface area (Å²) < 4.78 is 15.9.